The highest BCUT2D eigenvalue weighted by Crippen LogP contribution is 2.24. The topological polar surface area (TPSA) is 91.9 Å². The first-order valence-corrected chi connectivity index (χ1v) is 8.22. The molecule has 2 aromatic heterocycles. The largest absolute Gasteiger partial charge is 0.456 e. The molecule has 2 heterocycles. The molecule has 0 saturated heterocycles. The quantitative estimate of drug-likeness (QED) is 0.643. The van der Waals surface area contributed by atoms with Crippen molar-refractivity contribution in [2.45, 2.75) is 26.2 Å². The van der Waals surface area contributed by atoms with Crippen LogP contribution in [0, 0.1) is 0 Å². The Morgan fingerprint density at radius 3 is 2.58 bits per heavy atom. The van der Waals surface area contributed by atoms with E-state index in [-0.39, 0.29) is 11.4 Å². The maximum Gasteiger partial charge on any atom is 0.324 e. The summed E-state index contributed by atoms with van der Waals surface area (Å²) in [5.41, 5.74) is 1.39. The van der Waals surface area contributed by atoms with E-state index < -0.39 is 0 Å². The summed E-state index contributed by atoms with van der Waals surface area (Å²) < 4.78 is 5.71. The molecule has 7 nitrogen and oxygen atoms in total. The van der Waals surface area contributed by atoms with Crippen LogP contribution >= 0.6 is 0 Å². The maximum atomic E-state index is 12.2. The van der Waals surface area contributed by atoms with E-state index >= 15 is 0 Å². The van der Waals surface area contributed by atoms with Crippen molar-refractivity contribution in [3.8, 4) is 11.5 Å². The van der Waals surface area contributed by atoms with Gasteiger partial charge in [-0.1, -0.05) is 26.8 Å². The third-order valence-corrected chi connectivity index (χ3v) is 3.56. The number of carbonyl (C=O) groups is 1. The summed E-state index contributed by atoms with van der Waals surface area (Å²) in [5.74, 6) is 1.77. The summed E-state index contributed by atoms with van der Waals surface area (Å²) in [6.45, 7) is 6.17. The fourth-order valence-electron chi connectivity index (χ4n) is 2.24. The third-order valence-electron chi connectivity index (χ3n) is 3.56. The van der Waals surface area contributed by atoms with E-state index in [9.17, 15) is 4.79 Å². The average molecular weight is 351 g/mol. The Morgan fingerprint density at radius 1 is 1.08 bits per heavy atom. The van der Waals surface area contributed by atoms with E-state index in [0.717, 1.165) is 5.69 Å². The maximum absolute atomic E-state index is 12.2. The van der Waals surface area contributed by atoms with Crippen LogP contribution in [0.2, 0.25) is 0 Å². The fraction of sp³-hybridized carbons (Fsp3) is 0.211. The number of carbonyl (C=O) groups excluding carboxylic acids is 1. The van der Waals surface area contributed by atoms with Gasteiger partial charge in [-0.25, -0.2) is 4.79 Å². The average Bonchev–Trinajstić information content (AvgIpc) is 3.05. The fourth-order valence-corrected chi connectivity index (χ4v) is 2.24. The lowest BCUT2D eigenvalue weighted by Gasteiger charge is -2.13. The Hall–Kier alpha value is -3.35. The van der Waals surface area contributed by atoms with Crippen molar-refractivity contribution in [1.82, 2.24) is 15.2 Å². The van der Waals surface area contributed by atoms with Crippen molar-refractivity contribution < 1.29 is 9.53 Å². The zero-order valence-electron chi connectivity index (χ0n) is 14.9. The highest BCUT2D eigenvalue weighted by Gasteiger charge is 2.18. The zero-order chi connectivity index (χ0) is 18.6. The zero-order valence-corrected chi connectivity index (χ0v) is 14.9. The van der Waals surface area contributed by atoms with Crippen molar-refractivity contribution in [3.05, 3.63) is 60.6 Å². The van der Waals surface area contributed by atoms with Crippen LogP contribution in [-0.2, 0) is 5.41 Å². The molecule has 2 amide bonds. The molecule has 0 atom stereocenters. The molecule has 0 spiro atoms. The van der Waals surface area contributed by atoms with Gasteiger partial charge in [0, 0.05) is 29.4 Å². The van der Waals surface area contributed by atoms with E-state index in [2.05, 4.69) is 46.6 Å². The Balaban J connectivity index is 1.62. The number of anilines is 2. The van der Waals surface area contributed by atoms with Crippen LogP contribution in [0.15, 0.2) is 54.9 Å². The van der Waals surface area contributed by atoms with Gasteiger partial charge in [0.1, 0.15) is 17.3 Å². The van der Waals surface area contributed by atoms with Crippen LogP contribution in [0.5, 0.6) is 11.5 Å². The molecular weight excluding hydrogens is 330 g/mol. The predicted molar refractivity (Wildman–Crippen MR) is 101 cm³/mol. The number of H-pyrrole nitrogens is 1. The SMILES string of the molecule is CC(C)(C)c1cc(NC(=O)Nc2cccc(Oc3cccnc3)c2)[nH]n1. The Bertz CT molecular complexity index is 884. The minimum Gasteiger partial charge on any atom is -0.456 e. The number of rotatable bonds is 4. The Kier molecular flexibility index (Phi) is 4.88. The van der Waals surface area contributed by atoms with Crippen LogP contribution in [-0.4, -0.2) is 21.2 Å². The molecule has 134 valence electrons. The van der Waals surface area contributed by atoms with Gasteiger partial charge in [-0.15, -0.1) is 0 Å². The predicted octanol–water partition coefficient (Wildman–Crippen LogP) is 4.54. The molecule has 3 aromatic rings. The second-order valence-electron chi connectivity index (χ2n) is 6.81. The molecule has 0 aliphatic carbocycles. The van der Waals surface area contributed by atoms with Gasteiger partial charge >= 0.3 is 6.03 Å². The van der Waals surface area contributed by atoms with E-state index in [4.69, 9.17) is 4.74 Å². The van der Waals surface area contributed by atoms with E-state index in [1.54, 1.807) is 42.7 Å². The highest BCUT2D eigenvalue weighted by molar-refractivity contribution is 5.99. The Labute approximate surface area is 151 Å². The van der Waals surface area contributed by atoms with Crippen LogP contribution in [0.1, 0.15) is 26.5 Å². The molecule has 0 bridgehead atoms. The van der Waals surface area contributed by atoms with Gasteiger partial charge < -0.3 is 10.1 Å². The number of aromatic amines is 1. The summed E-state index contributed by atoms with van der Waals surface area (Å²) in [6.07, 6.45) is 3.30. The highest BCUT2D eigenvalue weighted by atomic mass is 16.5. The smallest absolute Gasteiger partial charge is 0.324 e. The molecular formula is C19H21N5O2. The van der Waals surface area contributed by atoms with Gasteiger partial charge in [-0.2, -0.15) is 5.10 Å². The molecule has 0 aliphatic heterocycles. The van der Waals surface area contributed by atoms with Crippen molar-refractivity contribution in [3.63, 3.8) is 0 Å². The van der Waals surface area contributed by atoms with Gasteiger partial charge in [-0.3, -0.25) is 15.4 Å². The molecule has 0 radical (unpaired) electrons. The molecule has 1 aromatic carbocycles. The third kappa shape index (κ3) is 4.60. The molecule has 0 fully saturated rings. The lowest BCUT2D eigenvalue weighted by molar-refractivity contribution is 0.262. The first kappa shape index (κ1) is 17.5. The second-order valence-corrected chi connectivity index (χ2v) is 6.81. The summed E-state index contributed by atoms with van der Waals surface area (Å²) in [7, 11) is 0. The van der Waals surface area contributed by atoms with Crippen LogP contribution in [0.25, 0.3) is 0 Å². The standard InChI is InChI=1S/C19H21N5O2/c1-19(2,3)16-11-17(24-23-16)22-18(25)21-13-6-4-7-14(10-13)26-15-8-5-9-20-12-15/h4-12H,1-3H3,(H3,21,22,23,24,25). The molecule has 26 heavy (non-hydrogen) atoms. The van der Waals surface area contributed by atoms with Gasteiger partial charge in [0.25, 0.3) is 0 Å². The van der Waals surface area contributed by atoms with Gasteiger partial charge in [0.15, 0.2) is 0 Å². The summed E-state index contributed by atoms with van der Waals surface area (Å²) in [4.78, 5) is 16.2. The summed E-state index contributed by atoms with van der Waals surface area (Å²) in [6, 6.07) is 12.2. The number of nitrogens with zero attached hydrogens (tertiary/aromatic N) is 2. The first-order valence-electron chi connectivity index (χ1n) is 8.22. The molecule has 7 heteroatoms. The van der Waals surface area contributed by atoms with Gasteiger partial charge in [-0.05, 0) is 24.3 Å². The van der Waals surface area contributed by atoms with Gasteiger partial charge in [0.05, 0.1) is 11.9 Å². The monoisotopic (exact) mass is 351 g/mol. The minimum absolute atomic E-state index is 0.0924. The summed E-state index contributed by atoms with van der Waals surface area (Å²) >= 11 is 0. The van der Waals surface area contributed by atoms with Crippen molar-refractivity contribution in [2.24, 2.45) is 0 Å². The van der Waals surface area contributed by atoms with Crippen molar-refractivity contribution >= 4 is 17.5 Å². The molecule has 0 unspecified atom stereocenters. The number of benzene rings is 1. The number of amides is 2. The number of ether oxygens (including phenoxy) is 1. The number of aromatic nitrogens is 3. The minimum atomic E-state index is -0.368. The van der Waals surface area contributed by atoms with E-state index in [1.807, 2.05) is 12.1 Å². The van der Waals surface area contributed by atoms with Crippen LogP contribution in [0.3, 0.4) is 0 Å². The first-order chi connectivity index (χ1) is 12.4. The number of urea groups is 1. The Morgan fingerprint density at radius 2 is 1.88 bits per heavy atom. The number of nitrogens with one attached hydrogen (secondary N) is 3. The molecule has 3 N–H and O–H groups in total. The summed E-state index contributed by atoms with van der Waals surface area (Å²) in [5, 5.41) is 12.5. The molecule has 3 rings (SSSR count). The normalized spacial score (nSPS) is 11.0. The lowest BCUT2D eigenvalue weighted by Crippen LogP contribution is -2.19. The van der Waals surface area contributed by atoms with Crippen LogP contribution < -0.4 is 15.4 Å². The van der Waals surface area contributed by atoms with Crippen LogP contribution in [0.4, 0.5) is 16.3 Å². The molecule has 0 saturated carbocycles. The lowest BCUT2D eigenvalue weighted by atomic mass is 9.92. The number of hydrogen-bond acceptors (Lipinski definition) is 4. The van der Waals surface area contributed by atoms with E-state index in [1.165, 1.54) is 0 Å². The van der Waals surface area contributed by atoms with Crippen molar-refractivity contribution in [2.75, 3.05) is 10.6 Å². The molecule has 0 aliphatic rings. The van der Waals surface area contributed by atoms with Gasteiger partial charge in [0.2, 0.25) is 0 Å². The number of hydrogen-bond donors (Lipinski definition) is 3. The van der Waals surface area contributed by atoms with E-state index in [0.29, 0.717) is 23.0 Å². The second kappa shape index (κ2) is 7.26. The number of pyridine rings is 1. The van der Waals surface area contributed by atoms with Crippen molar-refractivity contribution in [1.29, 1.82) is 0 Å².